The van der Waals surface area contributed by atoms with Crippen molar-refractivity contribution in [3.05, 3.63) is 23.3 Å². The first-order chi connectivity index (χ1) is 13.0. The first-order valence-corrected chi connectivity index (χ1v) is 9.54. The Labute approximate surface area is 162 Å². The number of ether oxygens (including phenoxy) is 2. The second kappa shape index (κ2) is 10.0. The standard InChI is InChI=1S/C20H32N4O3/c1-6-21-20(22-9-7-19(25)23-14(2)3)24-10-8-15-11-17(26-4)18(27-5)12-16(15)13-24/h11-12,14H,6-10,13H2,1-5H3,(H,21,22)(H,23,25). The summed E-state index contributed by atoms with van der Waals surface area (Å²) in [6, 6.07) is 4.26. The Morgan fingerprint density at radius 2 is 1.89 bits per heavy atom. The van der Waals surface area contributed by atoms with Crippen molar-refractivity contribution in [1.29, 1.82) is 0 Å². The molecule has 0 saturated heterocycles. The molecule has 7 heteroatoms. The van der Waals surface area contributed by atoms with Gasteiger partial charge in [-0.15, -0.1) is 0 Å². The van der Waals surface area contributed by atoms with Crippen LogP contribution in [0.5, 0.6) is 11.5 Å². The van der Waals surface area contributed by atoms with Crippen LogP contribution in [0.4, 0.5) is 0 Å². The number of nitrogens with zero attached hydrogens (tertiary/aromatic N) is 2. The Morgan fingerprint density at radius 1 is 1.22 bits per heavy atom. The molecule has 2 rings (SSSR count). The molecular weight excluding hydrogens is 344 g/mol. The molecule has 27 heavy (non-hydrogen) atoms. The number of aliphatic imine (C=N–C) groups is 1. The van der Waals surface area contributed by atoms with Gasteiger partial charge in [-0.25, -0.2) is 0 Å². The first-order valence-electron chi connectivity index (χ1n) is 9.54. The number of guanidine groups is 1. The number of carbonyl (C=O) groups excluding carboxylic acids is 1. The Balaban J connectivity index is 2.08. The van der Waals surface area contributed by atoms with E-state index < -0.39 is 0 Å². The number of rotatable bonds is 7. The number of carbonyl (C=O) groups is 1. The minimum Gasteiger partial charge on any atom is -0.493 e. The zero-order valence-corrected chi connectivity index (χ0v) is 17.1. The first kappa shape index (κ1) is 20.9. The van der Waals surface area contributed by atoms with Gasteiger partial charge in [0.15, 0.2) is 17.5 Å². The summed E-state index contributed by atoms with van der Waals surface area (Å²) in [5.74, 6) is 2.38. The Bertz CT molecular complexity index is 673. The summed E-state index contributed by atoms with van der Waals surface area (Å²) in [6.07, 6.45) is 1.30. The maximum Gasteiger partial charge on any atom is 0.222 e. The Hall–Kier alpha value is -2.44. The van der Waals surface area contributed by atoms with E-state index in [1.54, 1.807) is 14.2 Å². The van der Waals surface area contributed by atoms with E-state index in [4.69, 9.17) is 9.47 Å². The lowest BCUT2D eigenvalue weighted by molar-refractivity contribution is -0.121. The van der Waals surface area contributed by atoms with E-state index in [-0.39, 0.29) is 11.9 Å². The Morgan fingerprint density at radius 3 is 2.48 bits per heavy atom. The highest BCUT2D eigenvalue weighted by Crippen LogP contribution is 2.33. The summed E-state index contributed by atoms with van der Waals surface area (Å²) in [5, 5.41) is 6.23. The van der Waals surface area contributed by atoms with Gasteiger partial charge in [0.05, 0.1) is 20.8 Å². The van der Waals surface area contributed by atoms with Crippen LogP contribution in [-0.4, -0.2) is 56.7 Å². The number of amides is 1. The predicted octanol–water partition coefficient (Wildman–Crippen LogP) is 1.94. The van der Waals surface area contributed by atoms with Crippen LogP contribution in [0.3, 0.4) is 0 Å². The molecule has 0 atom stereocenters. The van der Waals surface area contributed by atoms with Gasteiger partial charge >= 0.3 is 0 Å². The van der Waals surface area contributed by atoms with Gasteiger partial charge in [-0.05, 0) is 50.5 Å². The fourth-order valence-electron chi connectivity index (χ4n) is 3.15. The van der Waals surface area contributed by atoms with Gasteiger partial charge < -0.3 is 25.0 Å². The molecule has 0 bridgehead atoms. The molecule has 150 valence electrons. The van der Waals surface area contributed by atoms with E-state index in [1.807, 2.05) is 26.8 Å². The van der Waals surface area contributed by atoms with Crippen molar-refractivity contribution >= 4 is 11.9 Å². The highest BCUT2D eigenvalue weighted by atomic mass is 16.5. The van der Waals surface area contributed by atoms with Gasteiger partial charge in [0.1, 0.15) is 0 Å². The summed E-state index contributed by atoms with van der Waals surface area (Å²) in [5.41, 5.74) is 2.48. The Kier molecular flexibility index (Phi) is 7.76. The van der Waals surface area contributed by atoms with E-state index in [1.165, 1.54) is 11.1 Å². The number of nitrogens with one attached hydrogen (secondary N) is 2. The third-order valence-corrected chi connectivity index (χ3v) is 4.40. The van der Waals surface area contributed by atoms with Crippen molar-refractivity contribution in [2.75, 3.05) is 33.9 Å². The molecule has 0 unspecified atom stereocenters. The van der Waals surface area contributed by atoms with E-state index in [0.29, 0.717) is 13.0 Å². The minimum atomic E-state index is 0.0328. The zero-order chi connectivity index (χ0) is 19.8. The van der Waals surface area contributed by atoms with Gasteiger partial charge in [-0.1, -0.05) is 0 Å². The van der Waals surface area contributed by atoms with Crippen molar-refractivity contribution in [3.8, 4) is 11.5 Å². The molecule has 2 N–H and O–H groups in total. The molecule has 1 aromatic carbocycles. The molecule has 0 spiro atoms. The molecular formula is C20H32N4O3. The fourth-order valence-corrected chi connectivity index (χ4v) is 3.15. The maximum atomic E-state index is 11.8. The average molecular weight is 377 g/mol. The van der Waals surface area contributed by atoms with Gasteiger partial charge in [-0.2, -0.15) is 0 Å². The molecule has 0 fully saturated rings. The number of hydrogen-bond acceptors (Lipinski definition) is 4. The van der Waals surface area contributed by atoms with Gasteiger partial charge in [0, 0.05) is 32.1 Å². The van der Waals surface area contributed by atoms with Crippen LogP contribution in [0.25, 0.3) is 0 Å². The quantitative estimate of drug-likeness (QED) is 0.562. The minimum absolute atomic E-state index is 0.0328. The lowest BCUT2D eigenvalue weighted by Gasteiger charge is -2.32. The molecule has 0 aromatic heterocycles. The van der Waals surface area contributed by atoms with E-state index >= 15 is 0 Å². The van der Waals surface area contributed by atoms with Crippen LogP contribution in [-0.2, 0) is 17.8 Å². The lowest BCUT2D eigenvalue weighted by atomic mass is 9.99. The average Bonchev–Trinajstić information content (AvgIpc) is 2.65. The maximum absolute atomic E-state index is 11.8. The van der Waals surface area contributed by atoms with E-state index in [9.17, 15) is 4.79 Å². The van der Waals surface area contributed by atoms with E-state index in [2.05, 4.69) is 26.6 Å². The molecule has 0 radical (unpaired) electrons. The smallest absolute Gasteiger partial charge is 0.222 e. The second-order valence-corrected chi connectivity index (χ2v) is 6.86. The topological polar surface area (TPSA) is 75.2 Å². The van der Waals surface area contributed by atoms with Crippen molar-refractivity contribution in [2.24, 2.45) is 4.99 Å². The fraction of sp³-hybridized carbons (Fsp3) is 0.600. The summed E-state index contributed by atoms with van der Waals surface area (Å²) < 4.78 is 10.8. The van der Waals surface area contributed by atoms with Crippen molar-refractivity contribution in [1.82, 2.24) is 15.5 Å². The van der Waals surface area contributed by atoms with Gasteiger partial charge in [0.25, 0.3) is 0 Å². The molecule has 1 aliphatic heterocycles. The highest BCUT2D eigenvalue weighted by Gasteiger charge is 2.21. The van der Waals surface area contributed by atoms with Crippen LogP contribution in [0.15, 0.2) is 17.1 Å². The largest absolute Gasteiger partial charge is 0.493 e. The molecule has 1 aromatic rings. The molecule has 0 saturated carbocycles. The van der Waals surface area contributed by atoms with Crippen molar-refractivity contribution < 1.29 is 14.3 Å². The van der Waals surface area contributed by atoms with Crippen LogP contribution in [0.2, 0.25) is 0 Å². The monoisotopic (exact) mass is 376 g/mol. The summed E-state index contributed by atoms with van der Waals surface area (Å²) in [6.45, 7) is 8.83. The molecule has 7 nitrogen and oxygen atoms in total. The third-order valence-electron chi connectivity index (χ3n) is 4.40. The van der Waals surface area contributed by atoms with Crippen LogP contribution < -0.4 is 20.1 Å². The van der Waals surface area contributed by atoms with Crippen LogP contribution >= 0.6 is 0 Å². The number of fused-ring (bicyclic) bond motifs is 1. The van der Waals surface area contributed by atoms with Gasteiger partial charge in [0.2, 0.25) is 5.91 Å². The highest BCUT2D eigenvalue weighted by molar-refractivity contribution is 5.81. The summed E-state index contributed by atoms with van der Waals surface area (Å²) >= 11 is 0. The number of benzene rings is 1. The van der Waals surface area contributed by atoms with Crippen LogP contribution in [0.1, 0.15) is 38.3 Å². The molecule has 1 aliphatic rings. The van der Waals surface area contributed by atoms with Crippen molar-refractivity contribution in [2.45, 2.75) is 46.2 Å². The zero-order valence-electron chi connectivity index (χ0n) is 17.1. The lowest BCUT2D eigenvalue weighted by Crippen LogP contribution is -2.44. The normalized spacial score (nSPS) is 14.0. The summed E-state index contributed by atoms with van der Waals surface area (Å²) in [4.78, 5) is 18.7. The summed E-state index contributed by atoms with van der Waals surface area (Å²) in [7, 11) is 3.31. The molecule has 1 heterocycles. The SMILES string of the molecule is CCNC(=NCCC(=O)NC(C)C)N1CCc2cc(OC)c(OC)cc2C1. The third kappa shape index (κ3) is 5.77. The van der Waals surface area contributed by atoms with Crippen molar-refractivity contribution in [3.63, 3.8) is 0 Å². The van der Waals surface area contributed by atoms with Gasteiger partial charge in [-0.3, -0.25) is 9.79 Å². The number of methoxy groups -OCH3 is 2. The molecule has 1 amide bonds. The van der Waals surface area contributed by atoms with Crippen LogP contribution in [0, 0.1) is 0 Å². The second-order valence-electron chi connectivity index (χ2n) is 6.86. The van der Waals surface area contributed by atoms with E-state index in [0.717, 1.165) is 43.5 Å². The predicted molar refractivity (Wildman–Crippen MR) is 108 cm³/mol. The number of hydrogen-bond donors (Lipinski definition) is 2. The molecule has 0 aliphatic carbocycles.